The highest BCUT2D eigenvalue weighted by Crippen LogP contribution is 2.47. The third-order valence-corrected chi connectivity index (χ3v) is 6.12. The van der Waals surface area contributed by atoms with E-state index in [2.05, 4.69) is 0 Å². The number of nitrogens with one attached hydrogen (secondary N) is 1. The second-order valence-electron chi connectivity index (χ2n) is 6.12. The topological polar surface area (TPSA) is 55.4 Å². The van der Waals surface area contributed by atoms with E-state index < -0.39 is 44.8 Å². The third kappa shape index (κ3) is 3.77. The van der Waals surface area contributed by atoms with E-state index in [0.29, 0.717) is 6.08 Å². The second kappa shape index (κ2) is 7.81. The highest BCUT2D eigenvalue weighted by molar-refractivity contribution is 7.89. The van der Waals surface area contributed by atoms with E-state index in [1.165, 1.54) is 37.4 Å². The number of halogens is 5. The second-order valence-corrected chi connectivity index (χ2v) is 8.24. The number of hydrogen-bond donors (Lipinski definition) is 1. The van der Waals surface area contributed by atoms with Crippen molar-refractivity contribution in [3.05, 3.63) is 82.7 Å². The van der Waals surface area contributed by atoms with Crippen molar-refractivity contribution >= 4 is 21.6 Å². The largest absolute Gasteiger partial charge is 0.495 e. The molecule has 2 unspecified atom stereocenters. The SMILES string of the molecule is COc1ccc(C2(F)C(F)=C(F)C(F)=CC2NS(=O)(=O)c2ccccc2)cc1Cl. The first-order chi connectivity index (χ1) is 13.6. The van der Waals surface area contributed by atoms with Crippen LogP contribution in [-0.4, -0.2) is 21.6 Å². The molecule has 10 heteroatoms. The molecule has 3 rings (SSSR count). The van der Waals surface area contributed by atoms with Gasteiger partial charge in [0.2, 0.25) is 15.7 Å². The molecule has 0 heterocycles. The van der Waals surface area contributed by atoms with Gasteiger partial charge in [-0.1, -0.05) is 35.9 Å². The van der Waals surface area contributed by atoms with Gasteiger partial charge in [-0.25, -0.2) is 30.7 Å². The number of ether oxygens (including phenoxy) is 1. The van der Waals surface area contributed by atoms with Crippen molar-refractivity contribution in [1.82, 2.24) is 4.72 Å². The van der Waals surface area contributed by atoms with Gasteiger partial charge in [-0.2, -0.15) is 0 Å². The van der Waals surface area contributed by atoms with Crippen LogP contribution in [0.2, 0.25) is 5.02 Å². The number of sulfonamides is 1. The van der Waals surface area contributed by atoms with Gasteiger partial charge in [0.15, 0.2) is 17.5 Å². The lowest BCUT2D eigenvalue weighted by molar-refractivity contribution is 0.135. The van der Waals surface area contributed by atoms with Crippen molar-refractivity contribution in [2.24, 2.45) is 0 Å². The lowest BCUT2D eigenvalue weighted by atomic mass is 9.83. The van der Waals surface area contributed by atoms with Crippen LogP contribution in [0.5, 0.6) is 5.75 Å². The molecule has 0 radical (unpaired) electrons. The van der Waals surface area contributed by atoms with Crippen LogP contribution in [0.1, 0.15) is 5.56 Å². The summed E-state index contributed by atoms with van der Waals surface area (Å²) in [5, 5.41) is -0.130. The van der Waals surface area contributed by atoms with Crippen molar-refractivity contribution in [3.63, 3.8) is 0 Å². The monoisotopic (exact) mass is 447 g/mol. The van der Waals surface area contributed by atoms with E-state index >= 15 is 4.39 Å². The minimum absolute atomic E-state index is 0.128. The fraction of sp³-hybridized carbons (Fsp3) is 0.158. The molecule has 1 aliphatic carbocycles. The van der Waals surface area contributed by atoms with Gasteiger partial charge in [0.25, 0.3) is 0 Å². The fourth-order valence-corrected chi connectivity index (χ4v) is 4.36. The molecule has 0 aliphatic heterocycles. The average molecular weight is 448 g/mol. The number of alkyl halides is 1. The summed E-state index contributed by atoms with van der Waals surface area (Å²) in [5.41, 5.74) is -3.92. The predicted molar refractivity (Wildman–Crippen MR) is 99.8 cm³/mol. The molecule has 154 valence electrons. The van der Waals surface area contributed by atoms with Crippen LogP contribution in [-0.2, 0) is 15.7 Å². The van der Waals surface area contributed by atoms with Crippen molar-refractivity contribution in [2.45, 2.75) is 16.6 Å². The van der Waals surface area contributed by atoms with Gasteiger partial charge in [-0.15, -0.1) is 0 Å². The minimum atomic E-state index is -4.40. The Morgan fingerprint density at radius 2 is 1.76 bits per heavy atom. The lowest BCUT2D eigenvalue weighted by Crippen LogP contribution is -2.49. The maximum atomic E-state index is 15.9. The highest BCUT2D eigenvalue weighted by atomic mass is 35.5. The first kappa shape index (κ1) is 21.4. The number of allylic oxidation sites excluding steroid dienone is 2. The molecule has 0 aromatic heterocycles. The zero-order valence-electron chi connectivity index (χ0n) is 14.8. The Hall–Kier alpha value is -2.36. The summed E-state index contributed by atoms with van der Waals surface area (Å²) in [7, 11) is -3.10. The van der Waals surface area contributed by atoms with Gasteiger partial charge in [0.05, 0.1) is 23.1 Å². The van der Waals surface area contributed by atoms with E-state index in [-0.39, 0.29) is 15.7 Å². The third-order valence-electron chi connectivity index (χ3n) is 4.37. The molecular weight excluding hydrogens is 434 g/mol. The number of methoxy groups -OCH3 is 1. The van der Waals surface area contributed by atoms with Crippen LogP contribution < -0.4 is 9.46 Å². The summed E-state index contributed by atoms with van der Waals surface area (Å²) in [4.78, 5) is -0.264. The van der Waals surface area contributed by atoms with E-state index in [1.807, 2.05) is 4.72 Å². The van der Waals surface area contributed by atoms with Crippen molar-refractivity contribution < 1.29 is 30.7 Å². The molecule has 2 aromatic rings. The molecule has 0 bridgehead atoms. The standard InChI is InChI=1S/C19H14ClF4NO3S/c1-28-15-8-7-11(9-13(15)20)19(24)16(10-14(21)17(22)18(19)23)25-29(26,27)12-5-3-2-4-6-12/h2-10,16,25H,1H3. The molecule has 0 saturated heterocycles. The van der Waals surface area contributed by atoms with Crippen LogP contribution in [0, 0.1) is 0 Å². The summed E-state index contributed by atoms with van der Waals surface area (Å²) < 4.78 is 90.3. The van der Waals surface area contributed by atoms with Gasteiger partial charge >= 0.3 is 0 Å². The van der Waals surface area contributed by atoms with Gasteiger partial charge in [0.1, 0.15) is 5.75 Å². The molecule has 0 fully saturated rings. The highest BCUT2D eigenvalue weighted by Gasteiger charge is 2.51. The summed E-state index contributed by atoms with van der Waals surface area (Å²) >= 11 is 5.95. The molecule has 1 N–H and O–H groups in total. The van der Waals surface area contributed by atoms with Gasteiger partial charge < -0.3 is 4.74 Å². The smallest absolute Gasteiger partial charge is 0.241 e. The molecule has 1 aliphatic rings. The summed E-state index contributed by atoms with van der Waals surface area (Å²) in [6, 6.07) is 7.86. The molecule has 0 spiro atoms. The van der Waals surface area contributed by atoms with Crippen LogP contribution >= 0.6 is 11.6 Å². The van der Waals surface area contributed by atoms with Crippen LogP contribution in [0.15, 0.2) is 77.0 Å². The average Bonchev–Trinajstić information content (AvgIpc) is 2.71. The summed E-state index contributed by atoms with van der Waals surface area (Å²) in [6.45, 7) is 0. The van der Waals surface area contributed by atoms with Crippen molar-refractivity contribution in [3.8, 4) is 5.75 Å². The van der Waals surface area contributed by atoms with E-state index in [4.69, 9.17) is 16.3 Å². The Labute approximate surface area is 169 Å². The lowest BCUT2D eigenvalue weighted by Gasteiger charge is -2.34. The normalized spacial score (nSPS) is 22.4. The van der Waals surface area contributed by atoms with Gasteiger partial charge in [0, 0.05) is 0 Å². The molecule has 29 heavy (non-hydrogen) atoms. The Balaban J connectivity index is 2.12. The zero-order chi connectivity index (χ0) is 21.4. The Morgan fingerprint density at radius 3 is 2.34 bits per heavy atom. The summed E-state index contributed by atoms with van der Waals surface area (Å²) in [6.07, 6.45) is 0.330. The first-order valence-corrected chi connectivity index (χ1v) is 10.0. The Bertz CT molecular complexity index is 1110. The van der Waals surface area contributed by atoms with Gasteiger partial charge in [-0.05, 0) is 35.9 Å². The molecule has 4 nitrogen and oxygen atoms in total. The minimum Gasteiger partial charge on any atom is -0.495 e. The van der Waals surface area contributed by atoms with Crippen molar-refractivity contribution in [1.29, 1.82) is 0 Å². The van der Waals surface area contributed by atoms with Crippen molar-refractivity contribution in [2.75, 3.05) is 7.11 Å². The molecule has 0 amide bonds. The zero-order valence-corrected chi connectivity index (χ0v) is 16.4. The molecular formula is C19H14ClF4NO3S. The molecule has 2 aromatic carbocycles. The van der Waals surface area contributed by atoms with E-state index in [1.54, 1.807) is 6.07 Å². The molecule has 0 saturated carbocycles. The number of hydrogen-bond acceptors (Lipinski definition) is 3. The maximum absolute atomic E-state index is 15.9. The van der Waals surface area contributed by atoms with Crippen LogP contribution in [0.3, 0.4) is 0 Å². The maximum Gasteiger partial charge on any atom is 0.241 e. The quantitative estimate of drug-likeness (QED) is 0.665. The summed E-state index contributed by atoms with van der Waals surface area (Å²) in [5.74, 6) is -5.77. The predicted octanol–water partition coefficient (Wildman–Crippen LogP) is 4.88. The number of benzene rings is 2. The van der Waals surface area contributed by atoms with Crippen LogP contribution in [0.25, 0.3) is 0 Å². The van der Waals surface area contributed by atoms with E-state index in [0.717, 1.165) is 12.1 Å². The Morgan fingerprint density at radius 1 is 1.10 bits per heavy atom. The number of rotatable bonds is 5. The molecule has 2 atom stereocenters. The first-order valence-electron chi connectivity index (χ1n) is 8.15. The van der Waals surface area contributed by atoms with E-state index in [9.17, 15) is 21.6 Å². The fourth-order valence-electron chi connectivity index (χ4n) is 2.88. The van der Waals surface area contributed by atoms with Gasteiger partial charge in [-0.3, -0.25) is 0 Å². The van der Waals surface area contributed by atoms with Crippen LogP contribution in [0.4, 0.5) is 17.6 Å². The Kier molecular flexibility index (Phi) is 5.75.